The van der Waals surface area contributed by atoms with E-state index < -0.39 is 4.92 Å². The van der Waals surface area contributed by atoms with E-state index in [-0.39, 0.29) is 17.6 Å². The summed E-state index contributed by atoms with van der Waals surface area (Å²) in [7, 11) is 1.60. The third-order valence-corrected chi connectivity index (χ3v) is 4.20. The zero-order valence-electron chi connectivity index (χ0n) is 14.7. The maximum absolute atomic E-state index is 12.7. The van der Waals surface area contributed by atoms with Gasteiger partial charge >= 0.3 is 0 Å². The SMILES string of the molecule is COc1ccc(C(NC(=O)c2ccc([N+](=O)[O-])cc2)c2ccccc2)cc1. The van der Waals surface area contributed by atoms with Gasteiger partial charge in [-0.15, -0.1) is 0 Å². The molecule has 6 nitrogen and oxygen atoms in total. The van der Waals surface area contributed by atoms with E-state index in [0.717, 1.165) is 16.9 Å². The van der Waals surface area contributed by atoms with Gasteiger partial charge in [0, 0.05) is 17.7 Å². The number of amides is 1. The lowest BCUT2D eigenvalue weighted by atomic mass is 9.98. The molecule has 0 heterocycles. The van der Waals surface area contributed by atoms with Crippen molar-refractivity contribution in [2.75, 3.05) is 7.11 Å². The molecule has 3 aromatic rings. The molecule has 0 aromatic heterocycles. The highest BCUT2D eigenvalue weighted by molar-refractivity contribution is 5.94. The van der Waals surface area contributed by atoms with Crippen LogP contribution in [-0.4, -0.2) is 17.9 Å². The van der Waals surface area contributed by atoms with Gasteiger partial charge in [0.1, 0.15) is 5.75 Å². The summed E-state index contributed by atoms with van der Waals surface area (Å²) in [6, 6.07) is 22.2. The maximum Gasteiger partial charge on any atom is 0.269 e. The minimum atomic E-state index is -0.494. The number of hydrogen-bond donors (Lipinski definition) is 1. The Kier molecular flexibility index (Phi) is 5.47. The van der Waals surface area contributed by atoms with Gasteiger partial charge in [-0.2, -0.15) is 0 Å². The van der Waals surface area contributed by atoms with E-state index in [1.54, 1.807) is 7.11 Å². The highest BCUT2D eigenvalue weighted by Gasteiger charge is 2.18. The molecular formula is C21H18N2O4. The Labute approximate surface area is 156 Å². The minimum absolute atomic E-state index is 0.0543. The van der Waals surface area contributed by atoms with Gasteiger partial charge in [0.05, 0.1) is 18.1 Å². The van der Waals surface area contributed by atoms with Crippen molar-refractivity contribution in [2.45, 2.75) is 6.04 Å². The van der Waals surface area contributed by atoms with Crippen LogP contribution >= 0.6 is 0 Å². The monoisotopic (exact) mass is 362 g/mol. The van der Waals surface area contributed by atoms with Crippen LogP contribution in [0.1, 0.15) is 27.5 Å². The molecule has 0 aliphatic heterocycles. The predicted molar refractivity (Wildman–Crippen MR) is 102 cm³/mol. The van der Waals surface area contributed by atoms with Crippen LogP contribution in [0.5, 0.6) is 5.75 Å². The standard InChI is InChI=1S/C21H18N2O4/c1-27-19-13-9-16(10-14-19)20(15-5-3-2-4-6-15)22-21(24)17-7-11-18(12-8-17)23(25)26/h2-14,20H,1H3,(H,22,24). The van der Waals surface area contributed by atoms with Gasteiger partial charge < -0.3 is 10.1 Å². The fourth-order valence-corrected chi connectivity index (χ4v) is 2.75. The average molecular weight is 362 g/mol. The number of carbonyl (C=O) groups is 1. The highest BCUT2D eigenvalue weighted by Crippen LogP contribution is 2.25. The summed E-state index contributed by atoms with van der Waals surface area (Å²) >= 11 is 0. The number of nitrogens with one attached hydrogen (secondary N) is 1. The second-order valence-electron chi connectivity index (χ2n) is 5.89. The smallest absolute Gasteiger partial charge is 0.269 e. The van der Waals surface area contributed by atoms with Crippen LogP contribution in [0.4, 0.5) is 5.69 Å². The molecule has 0 aliphatic rings. The van der Waals surface area contributed by atoms with Crippen molar-refractivity contribution in [3.63, 3.8) is 0 Å². The van der Waals surface area contributed by atoms with Gasteiger partial charge in [-0.25, -0.2) is 0 Å². The van der Waals surface area contributed by atoms with Gasteiger partial charge in [0.2, 0.25) is 0 Å². The quantitative estimate of drug-likeness (QED) is 0.528. The molecule has 0 radical (unpaired) electrons. The molecule has 0 spiro atoms. The number of nitro groups is 1. The van der Waals surface area contributed by atoms with E-state index >= 15 is 0 Å². The Morgan fingerprint density at radius 1 is 0.926 bits per heavy atom. The van der Waals surface area contributed by atoms with E-state index in [9.17, 15) is 14.9 Å². The minimum Gasteiger partial charge on any atom is -0.497 e. The first kappa shape index (κ1) is 18.1. The summed E-state index contributed by atoms with van der Waals surface area (Å²) in [5.41, 5.74) is 2.13. The van der Waals surface area contributed by atoms with Crippen molar-refractivity contribution >= 4 is 11.6 Å². The topological polar surface area (TPSA) is 81.5 Å². The zero-order chi connectivity index (χ0) is 19.2. The van der Waals surface area contributed by atoms with E-state index in [1.807, 2.05) is 54.6 Å². The molecule has 0 fully saturated rings. The number of rotatable bonds is 6. The first-order valence-electron chi connectivity index (χ1n) is 8.32. The van der Waals surface area contributed by atoms with Crippen LogP contribution in [0, 0.1) is 10.1 Å². The predicted octanol–water partition coefficient (Wildman–Crippen LogP) is 4.12. The molecule has 1 N–H and O–H groups in total. The average Bonchev–Trinajstić information content (AvgIpc) is 2.72. The summed E-state index contributed by atoms with van der Waals surface area (Å²) in [5.74, 6) is 0.418. The van der Waals surface area contributed by atoms with E-state index in [1.165, 1.54) is 24.3 Å². The van der Waals surface area contributed by atoms with Crippen molar-refractivity contribution in [1.82, 2.24) is 5.32 Å². The third kappa shape index (κ3) is 4.30. The fraction of sp³-hybridized carbons (Fsp3) is 0.0952. The Hall–Kier alpha value is -3.67. The van der Waals surface area contributed by atoms with Gasteiger partial charge in [-0.3, -0.25) is 14.9 Å². The Morgan fingerprint density at radius 3 is 2.07 bits per heavy atom. The van der Waals surface area contributed by atoms with Crippen LogP contribution in [0.15, 0.2) is 78.9 Å². The van der Waals surface area contributed by atoms with Gasteiger partial charge in [-0.05, 0) is 35.4 Å². The van der Waals surface area contributed by atoms with Crippen molar-refractivity contribution in [2.24, 2.45) is 0 Å². The lowest BCUT2D eigenvalue weighted by Gasteiger charge is -2.20. The number of nitrogens with zero attached hydrogens (tertiary/aromatic N) is 1. The van der Waals surface area contributed by atoms with Crippen molar-refractivity contribution in [3.8, 4) is 5.75 Å². The summed E-state index contributed by atoms with van der Waals surface area (Å²) in [6.45, 7) is 0. The second-order valence-corrected chi connectivity index (χ2v) is 5.89. The largest absolute Gasteiger partial charge is 0.497 e. The zero-order valence-corrected chi connectivity index (χ0v) is 14.7. The molecule has 1 atom stereocenters. The Morgan fingerprint density at radius 2 is 1.52 bits per heavy atom. The molecule has 136 valence electrons. The molecule has 0 bridgehead atoms. The number of hydrogen-bond acceptors (Lipinski definition) is 4. The molecule has 6 heteroatoms. The van der Waals surface area contributed by atoms with Crippen LogP contribution in [-0.2, 0) is 0 Å². The van der Waals surface area contributed by atoms with E-state index in [4.69, 9.17) is 4.74 Å². The number of benzene rings is 3. The van der Waals surface area contributed by atoms with E-state index in [0.29, 0.717) is 5.56 Å². The number of methoxy groups -OCH3 is 1. The molecule has 0 saturated heterocycles. The summed E-state index contributed by atoms with van der Waals surface area (Å²) < 4.78 is 5.19. The van der Waals surface area contributed by atoms with Crippen LogP contribution in [0.25, 0.3) is 0 Å². The summed E-state index contributed by atoms with van der Waals surface area (Å²) in [5, 5.41) is 13.8. The van der Waals surface area contributed by atoms with Gasteiger partial charge in [-0.1, -0.05) is 42.5 Å². The highest BCUT2D eigenvalue weighted by atomic mass is 16.6. The number of carbonyl (C=O) groups excluding carboxylic acids is 1. The van der Waals surface area contributed by atoms with Crippen LogP contribution < -0.4 is 10.1 Å². The molecule has 3 aromatic carbocycles. The van der Waals surface area contributed by atoms with Gasteiger partial charge in [0.15, 0.2) is 0 Å². The Balaban J connectivity index is 1.88. The molecule has 0 saturated carbocycles. The van der Waals surface area contributed by atoms with Crippen molar-refractivity contribution in [3.05, 3.63) is 106 Å². The normalized spacial score (nSPS) is 11.4. The van der Waals surface area contributed by atoms with Crippen molar-refractivity contribution in [1.29, 1.82) is 0 Å². The van der Waals surface area contributed by atoms with Gasteiger partial charge in [0.25, 0.3) is 11.6 Å². The number of non-ortho nitro benzene ring substituents is 1. The molecule has 0 aliphatic carbocycles. The van der Waals surface area contributed by atoms with Crippen LogP contribution in [0.2, 0.25) is 0 Å². The maximum atomic E-state index is 12.7. The Bertz CT molecular complexity index is 923. The first-order valence-corrected chi connectivity index (χ1v) is 8.32. The first-order chi connectivity index (χ1) is 13.1. The summed E-state index contributed by atoms with van der Waals surface area (Å²) in [4.78, 5) is 23.0. The molecule has 27 heavy (non-hydrogen) atoms. The van der Waals surface area contributed by atoms with Crippen molar-refractivity contribution < 1.29 is 14.5 Å². The lowest BCUT2D eigenvalue weighted by Crippen LogP contribution is -2.29. The fourth-order valence-electron chi connectivity index (χ4n) is 2.75. The number of ether oxygens (including phenoxy) is 1. The summed E-state index contributed by atoms with van der Waals surface area (Å²) in [6.07, 6.45) is 0. The molecular weight excluding hydrogens is 344 g/mol. The molecule has 1 amide bonds. The third-order valence-electron chi connectivity index (χ3n) is 4.20. The molecule has 3 rings (SSSR count). The lowest BCUT2D eigenvalue weighted by molar-refractivity contribution is -0.384. The van der Waals surface area contributed by atoms with E-state index in [2.05, 4.69) is 5.32 Å². The molecule has 1 unspecified atom stereocenters. The number of nitro benzene ring substituents is 1. The second kappa shape index (κ2) is 8.14. The van der Waals surface area contributed by atoms with Crippen LogP contribution in [0.3, 0.4) is 0 Å².